The van der Waals surface area contributed by atoms with Crippen LogP contribution in [0.15, 0.2) is 48.5 Å². The fourth-order valence-electron chi connectivity index (χ4n) is 3.00. The minimum atomic E-state index is -0.0594. The molecule has 3 rings (SSSR count). The molecule has 23 heavy (non-hydrogen) atoms. The zero-order valence-corrected chi connectivity index (χ0v) is 13.6. The van der Waals surface area contributed by atoms with E-state index in [-0.39, 0.29) is 12.1 Å². The van der Waals surface area contributed by atoms with Gasteiger partial charge in [0.15, 0.2) is 0 Å². The molecular weight excluding hydrogens is 288 g/mol. The summed E-state index contributed by atoms with van der Waals surface area (Å²) >= 11 is 0. The third-order valence-electron chi connectivity index (χ3n) is 4.16. The van der Waals surface area contributed by atoms with Crippen LogP contribution in [0.3, 0.4) is 0 Å². The second-order valence-corrected chi connectivity index (χ2v) is 5.90. The lowest BCUT2D eigenvalue weighted by molar-refractivity contribution is 0.240. The molecule has 0 aliphatic carbocycles. The molecule has 1 unspecified atom stereocenters. The van der Waals surface area contributed by atoms with Gasteiger partial charge in [-0.1, -0.05) is 36.4 Å². The summed E-state index contributed by atoms with van der Waals surface area (Å²) in [6, 6.07) is 16.1. The predicted octanol–water partition coefficient (Wildman–Crippen LogP) is 3.53. The molecule has 1 heterocycles. The number of ether oxygens (including phenoxy) is 1. The van der Waals surface area contributed by atoms with E-state index in [4.69, 9.17) is 4.74 Å². The lowest BCUT2D eigenvalue weighted by Gasteiger charge is -2.23. The first-order valence-electron chi connectivity index (χ1n) is 8.00. The van der Waals surface area contributed by atoms with E-state index >= 15 is 0 Å². The summed E-state index contributed by atoms with van der Waals surface area (Å²) in [5, 5.41) is 2.95. The van der Waals surface area contributed by atoms with Gasteiger partial charge in [0.2, 0.25) is 0 Å². The number of fused-ring (bicyclic) bond motifs is 1. The van der Waals surface area contributed by atoms with Crippen molar-refractivity contribution >= 4 is 11.7 Å². The highest BCUT2D eigenvalue weighted by Gasteiger charge is 2.30. The summed E-state index contributed by atoms with van der Waals surface area (Å²) in [5.41, 5.74) is 3.34. The van der Waals surface area contributed by atoms with Crippen molar-refractivity contribution in [3.63, 3.8) is 0 Å². The molecule has 120 valence electrons. The van der Waals surface area contributed by atoms with E-state index in [1.54, 1.807) is 0 Å². The van der Waals surface area contributed by atoms with Gasteiger partial charge in [0.1, 0.15) is 12.4 Å². The smallest absolute Gasteiger partial charge is 0.322 e. The number of benzene rings is 2. The molecule has 2 amide bonds. The van der Waals surface area contributed by atoms with E-state index < -0.39 is 0 Å². The van der Waals surface area contributed by atoms with Crippen molar-refractivity contribution in [1.82, 2.24) is 5.32 Å². The summed E-state index contributed by atoms with van der Waals surface area (Å²) in [7, 11) is 0. The number of anilines is 1. The lowest BCUT2D eigenvalue weighted by atomic mass is 10.1. The second kappa shape index (κ2) is 6.73. The summed E-state index contributed by atoms with van der Waals surface area (Å²) in [4.78, 5) is 14.3. The maximum atomic E-state index is 12.5. The van der Waals surface area contributed by atoms with Crippen molar-refractivity contribution in [2.24, 2.45) is 0 Å². The van der Waals surface area contributed by atoms with Crippen molar-refractivity contribution < 1.29 is 9.53 Å². The maximum absolute atomic E-state index is 12.5. The summed E-state index contributed by atoms with van der Waals surface area (Å²) in [5.74, 6) is 0.863. The third kappa shape index (κ3) is 3.31. The van der Waals surface area contributed by atoms with Gasteiger partial charge in [-0.2, -0.15) is 0 Å². The number of nitrogens with zero attached hydrogens (tertiary/aromatic N) is 1. The number of urea groups is 1. The molecule has 4 nitrogen and oxygen atoms in total. The Bertz CT molecular complexity index is 699. The lowest BCUT2D eigenvalue weighted by Crippen LogP contribution is -2.44. The summed E-state index contributed by atoms with van der Waals surface area (Å²) in [6.45, 7) is 5.03. The van der Waals surface area contributed by atoms with Crippen LogP contribution < -0.4 is 15.0 Å². The van der Waals surface area contributed by atoms with Crippen molar-refractivity contribution in [2.45, 2.75) is 26.3 Å². The Hall–Kier alpha value is -2.49. The molecule has 0 saturated heterocycles. The van der Waals surface area contributed by atoms with E-state index in [0.29, 0.717) is 13.2 Å². The van der Waals surface area contributed by atoms with Gasteiger partial charge in [-0.15, -0.1) is 0 Å². The predicted molar refractivity (Wildman–Crippen MR) is 92.2 cm³/mol. The first-order valence-corrected chi connectivity index (χ1v) is 8.00. The number of amides is 2. The number of carbonyl (C=O) groups is 1. The maximum Gasteiger partial charge on any atom is 0.322 e. The number of hydrogen-bond acceptors (Lipinski definition) is 2. The first kappa shape index (κ1) is 15.4. The molecule has 2 aromatic carbocycles. The molecule has 0 fully saturated rings. The quantitative estimate of drug-likeness (QED) is 0.878. The van der Waals surface area contributed by atoms with Crippen LogP contribution in [-0.2, 0) is 6.42 Å². The zero-order valence-electron chi connectivity index (χ0n) is 13.6. The molecule has 2 aromatic rings. The third-order valence-corrected chi connectivity index (χ3v) is 4.16. The molecule has 0 saturated carbocycles. The van der Waals surface area contributed by atoms with E-state index in [1.165, 1.54) is 5.56 Å². The number of para-hydroxylation sites is 2. The van der Waals surface area contributed by atoms with Gasteiger partial charge in [-0.05, 0) is 43.5 Å². The van der Waals surface area contributed by atoms with Crippen LogP contribution in [0.1, 0.15) is 18.1 Å². The van der Waals surface area contributed by atoms with Crippen LogP contribution in [0.2, 0.25) is 0 Å². The van der Waals surface area contributed by atoms with Gasteiger partial charge < -0.3 is 10.1 Å². The Morgan fingerprint density at radius 2 is 1.96 bits per heavy atom. The molecule has 1 atom stereocenters. The standard InChI is InChI=1S/C19H22N2O2/c1-14-7-3-6-10-18(14)23-12-11-20-19(22)21-15(2)13-16-8-4-5-9-17(16)21/h3-10,15H,11-13H2,1-2H3,(H,20,22). The molecule has 1 aliphatic rings. The van der Waals surface area contributed by atoms with Gasteiger partial charge in [-0.3, -0.25) is 4.90 Å². The first-order chi connectivity index (χ1) is 11.2. The van der Waals surface area contributed by atoms with Crippen LogP contribution in [0.4, 0.5) is 10.5 Å². The molecule has 1 N–H and O–H groups in total. The van der Waals surface area contributed by atoms with Crippen molar-refractivity contribution in [2.75, 3.05) is 18.1 Å². The topological polar surface area (TPSA) is 41.6 Å². The molecule has 4 heteroatoms. The molecular formula is C19H22N2O2. The molecule has 0 bridgehead atoms. The Kier molecular flexibility index (Phi) is 4.51. The second-order valence-electron chi connectivity index (χ2n) is 5.90. The van der Waals surface area contributed by atoms with Crippen molar-refractivity contribution in [3.05, 3.63) is 59.7 Å². The average Bonchev–Trinajstić information content (AvgIpc) is 2.88. The summed E-state index contributed by atoms with van der Waals surface area (Å²) in [6.07, 6.45) is 0.906. The monoisotopic (exact) mass is 310 g/mol. The van der Waals surface area contributed by atoms with Crippen LogP contribution in [0.5, 0.6) is 5.75 Å². The van der Waals surface area contributed by atoms with Gasteiger partial charge in [-0.25, -0.2) is 4.79 Å². The number of carbonyl (C=O) groups excluding carboxylic acids is 1. The van der Waals surface area contributed by atoms with E-state index in [9.17, 15) is 4.79 Å². The van der Waals surface area contributed by atoms with E-state index in [2.05, 4.69) is 18.3 Å². The highest BCUT2D eigenvalue weighted by atomic mass is 16.5. The molecule has 0 spiro atoms. The SMILES string of the molecule is Cc1ccccc1OCCNC(=O)N1c2ccccc2CC1C. The van der Waals surface area contributed by atoms with Crippen LogP contribution in [0.25, 0.3) is 0 Å². The average molecular weight is 310 g/mol. The van der Waals surface area contributed by atoms with E-state index in [0.717, 1.165) is 23.4 Å². The molecule has 0 radical (unpaired) electrons. The Balaban J connectivity index is 1.53. The van der Waals surface area contributed by atoms with Crippen LogP contribution >= 0.6 is 0 Å². The van der Waals surface area contributed by atoms with Crippen LogP contribution in [0, 0.1) is 6.92 Å². The highest BCUT2D eigenvalue weighted by molar-refractivity contribution is 5.94. The fraction of sp³-hybridized carbons (Fsp3) is 0.316. The number of hydrogen-bond donors (Lipinski definition) is 1. The zero-order chi connectivity index (χ0) is 16.2. The van der Waals surface area contributed by atoms with Crippen LogP contribution in [-0.4, -0.2) is 25.2 Å². The van der Waals surface area contributed by atoms with E-state index in [1.807, 2.05) is 54.3 Å². The Morgan fingerprint density at radius 1 is 1.22 bits per heavy atom. The minimum Gasteiger partial charge on any atom is -0.491 e. The van der Waals surface area contributed by atoms with Gasteiger partial charge in [0.25, 0.3) is 0 Å². The Morgan fingerprint density at radius 3 is 2.78 bits per heavy atom. The summed E-state index contributed by atoms with van der Waals surface area (Å²) < 4.78 is 5.71. The minimum absolute atomic E-state index is 0.0594. The largest absolute Gasteiger partial charge is 0.491 e. The highest BCUT2D eigenvalue weighted by Crippen LogP contribution is 2.31. The van der Waals surface area contributed by atoms with Gasteiger partial charge in [0, 0.05) is 11.7 Å². The van der Waals surface area contributed by atoms with Gasteiger partial charge in [0.05, 0.1) is 6.54 Å². The Labute approximate surface area is 137 Å². The van der Waals surface area contributed by atoms with Crippen molar-refractivity contribution in [3.8, 4) is 5.75 Å². The number of rotatable bonds is 4. The van der Waals surface area contributed by atoms with Crippen molar-refractivity contribution in [1.29, 1.82) is 0 Å². The molecule has 0 aromatic heterocycles. The fourth-order valence-corrected chi connectivity index (χ4v) is 3.00. The van der Waals surface area contributed by atoms with Gasteiger partial charge >= 0.3 is 6.03 Å². The number of aryl methyl sites for hydroxylation is 1. The number of nitrogens with one attached hydrogen (secondary N) is 1. The normalized spacial score (nSPS) is 16.1. The molecule has 1 aliphatic heterocycles.